The molecule has 0 aliphatic heterocycles. The van der Waals surface area contributed by atoms with Crippen LogP contribution in [-0.4, -0.2) is 8.42 Å². The lowest BCUT2D eigenvalue weighted by Gasteiger charge is -2.07. The number of hydrogen-bond acceptors (Lipinski definition) is 3. The highest BCUT2D eigenvalue weighted by Crippen LogP contribution is 2.29. The van der Waals surface area contributed by atoms with Crippen LogP contribution in [0.2, 0.25) is 9.36 Å². The average molecular weight is 308 g/mol. The maximum absolute atomic E-state index is 11.9. The summed E-state index contributed by atoms with van der Waals surface area (Å²) >= 11 is 12.6. The summed E-state index contributed by atoms with van der Waals surface area (Å²) in [4.78, 5) is 0. The lowest BCUT2D eigenvalue weighted by atomic mass is 10.3. The van der Waals surface area contributed by atoms with Gasteiger partial charge in [-0.1, -0.05) is 35.3 Å². The van der Waals surface area contributed by atoms with Gasteiger partial charge in [0.25, 0.3) is 10.0 Å². The SMILES string of the molecule is O=S(=O)(Nc1ccccc1Cl)c1ccc(Cl)s1. The third-order valence-corrected chi connectivity index (χ3v) is 5.35. The van der Waals surface area contributed by atoms with Gasteiger partial charge in [-0.3, -0.25) is 4.72 Å². The lowest BCUT2D eigenvalue weighted by Crippen LogP contribution is -2.11. The van der Waals surface area contributed by atoms with E-state index in [0.29, 0.717) is 15.0 Å². The molecule has 7 heteroatoms. The Balaban J connectivity index is 2.33. The topological polar surface area (TPSA) is 46.2 Å². The van der Waals surface area contributed by atoms with Crippen LogP contribution in [0.15, 0.2) is 40.6 Å². The monoisotopic (exact) mass is 307 g/mol. The quantitative estimate of drug-likeness (QED) is 0.936. The van der Waals surface area contributed by atoms with Crippen molar-refractivity contribution in [3.8, 4) is 0 Å². The minimum atomic E-state index is -3.62. The second kappa shape index (κ2) is 4.86. The largest absolute Gasteiger partial charge is 0.277 e. The molecule has 17 heavy (non-hydrogen) atoms. The van der Waals surface area contributed by atoms with E-state index in [1.807, 2.05) is 0 Å². The Morgan fingerprint density at radius 1 is 1.06 bits per heavy atom. The maximum Gasteiger partial charge on any atom is 0.271 e. The molecule has 0 aliphatic rings. The molecule has 3 nitrogen and oxygen atoms in total. The average Bonchev–Trinajstić information content (AvgIpc) is 2.69. The van der Waals surface area contributed by atoms with Crippen molar-refractivity contribution < 1.29 is 8.42 Å². The maximum atomic E-state index is 11.9. The Labute approximate surface area is 113 Å². The number of thiophene rings is 1. The number of nitrogens with one attached hydrogen (secondary N) is 1. The van der Waals surface area contributed by atoms with Crippen molar-refractivity contribution in [3.63, 3.8) is 0 Å². The zero-order valence-electron chi connectivity index (χ0n) is 8.35. The van der Waals surface area contributed by atoms with Crippen molar-refractivity contribution in [2.24, 2.45) is 0 Å². The van der Waals surface area contributed by atoms with E-state index in [-0.39, 0.29) is 4.21 Å². The minimum absolute atomic E-state index is 0.155. The van der Waals surface area contributed by atoms with Gasteiger partial charge in [0.2, 0.25) is 0 Å². The van der Waals surface area contributed by atoms with Gasteiger partial charge < -0.3 is 0 Å². The van der Waals surface area contributed by atoms with Gasteiger partial charge in [0.05, 0.1) is 15.0 Å². The molecule has 0 unspecified atom stereocenters. The number of halogens is 2. The van der Waals surface area contributed by atoms with Crippen LogP contribution in [0.4, 0.5) is 5.69 Å². The summed E-state index contributed by atoms with van der Waals surface area (Å²) in [6.07, 6.45) is 0. The van der Waals surface area contributed by atoms with Gasteiger partial charge in [0, 0.05) is 0 Å². The number of benzene rings is 1. The Bertz CT molecular complexity index is 637. The van der Waals surface area contributed by atoms with Crippen molar-refractivity contribution >= 4 is 50.2 Å². The number of rotatable bonds is 3. The van der Waals surface area contributed by atoms with Gasteiger partial charge in [-0.15, -0.1) is 11.3 Å². The summed E-state index contributed by atoms with van der Waals surface area (Å²) in [6, 6.07) is 9.61. The van der Waals surface area contributed by atoms with Crippen LogP contribution in [0.1, 0.15) is 0 Å². The molecule has 0 atom stereocenters. The molecule has 90 valence electrons. The number of para-hydroxylation sites is 1. The molecule has 1 aromatic heterocycles. The highest BCUT2D eigenvalue weighted by atomic mass is 35.5. The lowest BCUT2D eigenvalue weighted by molar-refractivity contribution is 0.603. The van der Waals surface area contributed by atoms with Crippen LogP contribution in [0.3, 0.4) is 0 Å². The Morgan fingerprint density at radius 2 is 1.76 bits per heavy atom. The van der Waals surface area contributed by atoms with Gasteiger partial charge in [-0.25, -0.2) is 8.42 Å². The molecule has 0 spiro atoms. The molecule has 2 aromatic rings. The summed E-state index contributed by atoms with van der Waals surface area (Å²) in [5, 5.41) is 0.346. The molecule has 0 saturated carbocycles. The van der Waals surface area contributed by atoms with Crippen molar-refractivity contribution in [3.05, 3.63) is 45.8 Å². The van der Waals surface area contributed by atoms with Crippen molar-refractivity contribution in [2.75, 3.05) is 4.72 Å². The smallest absolute Gasteiger partial charge is 0.271 e. The van der Waals surface area contributed by atoms with Crippen LogP contribution >= 0.6 is 34.5 Å². The molecule has 2 rings (SSSR count). The fourth-order valence-corrected chi connectivity index (χ4v) is 3.98. The fraction of sp³-hybridized carbons (Fsp3) is 0. The molecule has 0 bridgehead atoms. The van der Waals surface area contributed by atoms with Gasteiger partial charge in [0.15, 0.2) is 0 Å². The van der Waals surface area contributed by atoms with Crippen LogP contribution in [0.5, 0.6) is 0 Å². The van der Waals surface area contributed by atoms with Crippen LogP contribution in [0.25, 0.3) is 0 Å². The third kappa shape index (κ3) is 2.93. The summed E-state index contributed by atoms with van der Waals surface area (Å²) in [7, 11) is -3.62. The van der Waals surface area contributed by atoms with E-state index < -0.39 is 10.0 Å². The van der Waals surface area contributed by atoms with E-state index in [0.717, 1.165) is 11.3 Å². The molecule has 1 aromatic carbocycles. The Hall–Kier alpha value is -0.750. The Kier molecular flexibility index (Phi) is 3.63. The molecule has 0 fully saturated rings. The predicted molar refractivity (Wildman–Crippen MR) is 71.6 cm³/mol. The Morgan fingerprint density at radius 3 is 2.35 bits per heavy atom. The second-order valence-electron chi connectivity index (χ2n) is 3.14. The van der Waals surface area contributed by atoms with Crippen molar-refractivity contribution in [1.82, 2.24) is 0 Å². The third-order valence-electron chi connectivity index (χ3n) is 1.93. The van der Waals surface area contributed by atoms with Crippen LogP contribution in [-0.2, 0) is 10.0 Å². The van der Waals surface area contributed by atoms with Gasteiger partial charge in [-0.2, -0.15) is 0 Å². The zero-order chi connectivity index (χ0) is 12.5. The molecule has 0 aliphatic carbocycles. The summed E-state index contributed by atoms with van der Waals surface area (Å²) in [5.74, 6) is 0. The zero-order valence-corrected chi connectivity index (χ0v) is 11.5. The van der Waals surface area contributed by atoms with E-state index in [2.05, 4.69) is 4.72 Å². The summed E-state index contributed by atoms with van der Waals surface area (Å²) in [5.41, 5.74) is 0.346. The van der Waals surface area contributed by atoms with Gasteiger partial charge >= 0.3 is 0 Å². The predicted octanol–water partition coefficient (Wildman–Crippen LogP) is 3.86. The number of hydrogen-bond donors (Lipinski definition) is 1. The minimum Gasteiger partial charge on any atom is -0.277 e. The first-order chi connectivity index (χ1) is 7.99. The molecule has 1 N–H and O–H groups in total. The second-order valence-corrected chi connectivity index (χ2v) is 7.18. The van der Waals surface area contributed by atoms with Gasteiger partial charge in [-0.05, 0) is 24.3 Å². The first-order valence-corrected chi connectivity index (χ1v) is 7.57. The molecule has 0 saturated heterocycles. The van der Waals surface area contributed by atoms with Crippen LogP contribution in [0, 0.1) is 0 Å². The van der Waals surface area contributed by atoms with Crippen molar-refractivity contribution in [1.29, 1.82) is 0 Å². The summed E-state index contributed by atoms with van der Waals surface area (Å²) in [6.45, 7) is 0. The van der Waals surface area contributed by atoms with E-state index in [1.165, 1.54) is 12.1 Å². The standard InChI is InChI=1S/C10H7Cl2NO2S2/c11-7-3-1-2-4-8(7)13-17(14,15)10-6-5-9(12)16-10/h1-6,13H. The first kappa shape index (κ1) is 12.7. The first-order valence-electron chi connectivity index (χ1n) is 4.52. The molecular formula is C10H7Cl2NO2S2. The molecule has 0 amide bonds. The summed E-state index contributed by atoms with van der Waals surface area (Å²) < 4.78 is 26.9. The van der Waals surface area contributed by atoms with Crippen LogP contribution < -0.4 is 4.72 Å². The fourth-order valence-electron chi connectivity index (χ4n) is 1.18. The number of sulfonamides is 1. The van der Waals surface area contributed by atoms with E-state index in [9.17, 15) is 8.42 Å². The molecular weight excluding hydrogens is 301 g/mol. The molecule has 1 heterocycles. The highest BCUT2D eigenvalue weighted by Gasteiger charge is 2.17. The van der Waals surface area contributed by atoms with E-state index in [1.54, 1.807) is 24.3 Å². The van der Waals surface area contributed by atoms with Crippen molar-refractivity contribution in [2.45, 2.75) is 4.21 Å². The normalized spacial score (nSPS) is 11.4. The highest BCUT2D eigenvalue weighted by molar-refractivity contribution is 7.94. The van der Waals surface area contributed by atoms with E-state index >= 15 is 0 Å². The number of anilines is 1. The van der Waals surface area contributed by atoms with E-state index in [4.69, 9.17) is 23.2 Å². The van der Waals surface area contributed by atoms with Gasteiger partial charge in [0.1, 0.15) is 4.21 Å². The molecule has 0 radical (unpaired) electrons.